The lowest BCUT2D eigenvalue weighted by atomic mass is 9.92. The number of aromatic carboxylic acids is 1. The molecule has 0 bridgehead atoms. The van der Waals surface area contributed by atoms with Crippen LogP contribution in [0, 0.1) is 11.7 Å². The van der Waals surface area contributed by atoms with Crippen molar-refractivity contribution in [1.29, 1.82) is 0 Å². The highest BCUT2D eigenvalue weighted by Crippen LogP contribution is 2.30. The Labute approximate surface area is 212 Å². The van der Waals surface area contributed by atoms with Crippen molar-refractivity contribution < 1.29 is 28.6 Å². The fourth-order valence-corrected chi connectivity index (χ4v) is 4.55. The Morgan fingerprint density at radius 2 is 2.00 bits per heavy atom. The van der Waals surface area contributed by atoms with Crippen LogP contribution in [0.15, 0.2) is 35.4 Å². The van der Waals surface area contributed by atoms with Gasteiger partial charge in [0.05, 0.1) is 31.7 Å². The minimum Gasteiger partial charge on any atom is -0.495 e. The molecule has 0 aromatic carbocycles. The largest absolute Gasteiger partial charge is 0.495 e. The molecule has 1 N–H and O–H groups in total. The van der Waals surface area contributed by atoms with Gasteiger partial charge in [-0.05, 0) is 18.2 Å². The standard InChI is InChI=1S/C23H19FN6O6S/c1-35-13-4-3-12(25-7-13)5-17(31)11-8-29(9-11)20-16(24)6-14-18(32)15(21(33)34)10-30(19(14)26-20)23-27-22(36-2)28-37-23/h3-4,6-7,10-11H,5,8-9H2,1-2H3,(H,33,34). The van der Waals surface area contributed by atoms with Gasteiger partial charge in [0.2, 0.25) is 10.6 Å². The summed E-state index contributed by atoms with van der Waals surface area (Å²) in [7, 11) is 2.90. The topological polar surface area (TPSA) is 150 Å². The number of anilines is 1. The molecule has 5 rings (SSSR count). The number of Topliss-reactive ketones (excluding diaryl/α,β-unsaturated/α-hetero) is 1. The molecule has 190 valence electrons. The molecular weight excluding hydrogens is 507 g/mol. The Morgan fingerprint density at radius 3 is 2.62 bits per heavy atom. The number of fused-ring (bicyclic) bond motifs is 1. The van der Waals surface area contributed by atoms with Crippen molar-refractivity contribution in [3.8, 4) is 16.9 Å². The van der Waals surface area contributed by atoms with Crippen LogP contribution in [0.2, 0.25) is 0 Å². The van der Waals surface area contributed by atoms with Gasteiger partial charge in [-0.1, -0.05) is 0 Å². The first kappa shape index (κ1) is 24.2. The summed E-state index contributed by atoms with van der Waals surface area (Å²) in [5.74, 6) is -2.14. The van der Waals surface area contributed by atoms with Gasteiger partial charge in [0.15, 0.2) is 17.3 Å². The van der Waals surface area contributed by atoms with Crippen molar-refractivity contribution in [2.24, 2.45) is 5.92 Å². The van der Waals surface area contributed by atoms with Crippen molar-refractivity contribution in [1.82, 2.24) is 23.9 Å². The molecule has 1 fully saturated rings. The fourth-order valence-electron chi connectivity index (χ4n) is 3.93. The Morgan fingerprint density at radius 1 is 1.22 bits per heavy atom. The molecule has 4 aromatic heterocycles. The van der Waals surface area contributed by atoms with E-state index in [2.05, 4.69) is 19.3 Å². The van der Waals surface area contributed by atoms with E-state index in [0.717, 1.165) is 23.8 Å². The molecule has 1 aliphatic heterocycles. The number of hydrogen-bond donors (Lipinski definition) is 1. The van der Waals surface area contributed by atoms with E-state index in [-0.39, 0.29) is 59.2 Å². The number of ether oxygens (including phenoxy) is 2. The van der Waals surface area contributed by atoms with E-state index < -0.39 is 22.8 Å². The van der Waals surface area contributed by atoms with Crippen LogP contribution < -0.4 is 19.8 Å². The average molecular weight is 527 g/mol. The van der Waals surface area contributed by atoms with Gasteiger partial charge in [-0.2, -0.15) is 4.98 Å². The smallest absolute Gasteiger partial charge is 0.341 e. The number of ketones is 1. The molecule has 0 radical (unpaired) electrons. The van der Waals surface area contributed by atoms with Crippen molar-refractivity contribution in [3.63, 3.8) is 0 Å². The number of pyridine rings is 3. The lowest BCUT2D eigenvalue weighted by Gasteiger charge is -2.39. The third-order valence-corrected chi connectivity index (χ3v) is 6.65. The van der Waals surface area contributed by atoms with E-state index in [1.165, 1.54) is 25.0 Å². The molecule has 37 heavy (non-hydrogen) atoms. The minimum atomic E-state index is -1.47. The highest BCUT2D eigenvalue weighted by molar-refractivity contribution is 7.08. The van der Waals surface area contributed by atoms with Crippen molar-refractivity contribution >= 4 is 40.1 Å². The summed E-state index contributed by atoms with van der Waals surface area (Å²) >= 11 is 0.890. The molecule has 0 amide bonds. The lowest BCUT2D eigenvalue weighted by molar-refractivity contribution is -0.123. The van der Waals surface area contributed by atoms with E-state index in [4.69, 9.17) is 9.47 Å². The van der Waals surface area contributed by atoms with Gasteiger partial charge in [-0.15, -0.1) is 4.37 Å². The zero-order chi connectivity index (χ0) is 26.3. The fraction of sp³-hybridized carbons (Fsp3) is 0.261. The van der Waals surface area contributed by atoms with E-state index in [0.29, 0.717) is 11.4 Å². The number of carboxylic acid groups (broad SMARTS) is 1. The molecule has 0 atom stereocenters. The summed E-state index contributed by atoms with van der Waals surface area (Å²) in [4.78, 5) is 51.4. The first-order chi connectivity index (χ1) is 17.8. The predicted octanol–water partition coefficient (Wildman–Crippen LogP) is 1.73. The van der Waals surface area contributed by atoms with E-state index >= 15 is 4.39 Å². The van der Waals surface area contributed by atoms with Crippen LogP contribution in [-0.2, 0) is 11.2 Å². The van der Waals surface area contributed by atoms with Crippen LogP contribution in [0.25, 0.3) is 16.2 Å². The van der Waals surface area contributed by atoms with Crippen LogP contribution >= 0.6 is 11.5 Å². The summed E-state index contributed by atoms with van der Waals surface area (Å²) in [6.07, 6.45) is 2.74. The molecule has 1 saturated heterocycles. The quantitative estimate of drug-likeness (QED) is 0.358. The number of carbonyl (C=O) groups is 2. The zero-order valence-electron chi connectivity index (χ0n) is 19.5. The number of carbonyl (C=O) groups excluding carboxylic acids is 1. The number of carboxylic acids is 1. The van der Waals surface area contributed by atoms with Crippen LogP contribution in [-0.4, -0.2) is 68.1 Å². The van der Waals surface area contributed by atoms with E-state index in [1.54, 1.807) is 17.0 Å². The number of methoxy groups -OCH3 is 2. The molecule has 0 unspecified atom stereocenters. The number of halogens is 1. The average Bonchev–Trinajstić information content (AvgIpc) is 3.33. The molecular formula is C23H19FN6O6S. The molecule has 5 heterocycles. The van der Waals surface area contributed by atoms with Crippen LogP contribution in [0.3, 0.4) is 0 Å². The second-order valence-corrected chi connectivity index (χ2v) is 8.94. The molecule has 0 spiro atoms. The van der Waals surface area contributed by atoms with E-state index in [1.807, 2.05) is 0 Å². The maximum absolute atomic E-state index is 15.1. The normalized spacial score (nSPS) is 13.4. The van der Waals surface area contributed by atoms with Crippen molar-refractivity contribution in [2.75, 3.05) is 32.2 Å². The number of hydrogen-bond acceptors (Lipinski definition) is 11. The third-order valence-electron chi connectivity index (χ3n) is 5.95. The van der Waals surface area contributed by atoms with Crippen LogP contribution in [0.1, 0.15) is 16.1 Å². The summed E-state index contributed by atoms with van der Waals surface area (Å²) < 4.78 is 30.4. The maximum Gasteiger partial charge on any atom is 0.341 e. The Balaban J connectivity index is 1.44. The number of aromatic nitrogens is 5. The molecule has 4 aromatic rings. The zero-order valence-corrected chi connectivity index (χ0v) is 20.4. The van der Waals surface area contributed by atoms with Gasteiger partial charge in [0.25, 0.3) is 0 Å². The summed E-state index contributed by atoms with van der Waals surface area (Å²) in [6, 6.07) is 4.43. The lowest BCUT2D eigenvalue weighted by Crippen LogP contribution is -2.51. The highest BCUT2D eigenvalue weighted by atomic mass is 32.1. The van der Waals surface area contributed by atoms with E-state index in [9.17, 15) is 19.5 Å². The third kappa shape index (κ3) is 4.46. The second kappa shape index (κ2) is 9.54. The van der Waals surface area contributed by atoms with Gasteiger partial charge < -0.3 is 19.5 Å². The van der Waals surface area contributed by atoms with Crippen LogP contribution in [0.5, 0.6) is 11.8 Å². The second-order valence-electron chi connectivity index (χ2n) is 8.21. The van der Waals surface area contributed by atoms with Gasteiger partial charge in [-0.25, -0.2) is 14.2 Å². The minimum absolute atomic E-state index is 0.00223. The number of rotatable bonds is 8. The highest BCUT2D eigenvalue weighted by Gasteiger charge is 2.35. The Kier molecular flexibility index (Phi) is 6.25. The van der Waals surface area contributed by atoms with Crippen molar-refractivity contribution in [3.05, 3.63) is 57.9 Å². The molecule has 12 nitrogen and oxygen atoms in total. The molecule has 1 aliphatic rings. The maximum atomic E-state index is 15.1. The van der Waals surface area contributed by atoms with Crippen LogP contribution in [0.4, 0.5) is 10.2 Å². The molecule has 0 aliphatic carbocycles. The Bertz CT molecular complexity index is 1580. The molecule has 0 saturated carbocycles. The monoisotopic (exact) mass is 526 g/mol. The molecule has 14 heteroatoms. The summed E-state index contributed by atoms with van der Waals surface area (Å²) in [5.41, 5.74) is -0.846. The SMILES string of the molecule is COc1ccc(CC(=O)C2CN(c3nc4c(cc3F)c(=O)c(C(=O)O)cn4-c3nc(OC)ns3)C2)nc1. The summed E-state index contributed by atoms with van der Waals surface area (Å²) in [5, 5.41) is 9.44. The first-order valence-corrected chi connectivity index (χ1v) is 11.7. The van der Waals surface area contributed by atoms with Crippen molar-refractivity contribution in [2.45, 2.75) is 6.42 Å². The Hall–Kier alpha value is -4.46. The van der Waals surface area contributed by atoms with Gasteiger partial charge in [0, 0.05) is 42.9 Å². The summed E-state index contributed by atoms with van der Waals surface area (Å²) in [6.45, 7) is 0.461. The first-order valence-electron chi connectivity index (χ1n) is 10.9. The van der Waals surface area contributed by atoms with Gasteiger partial charge in [0.1, 0.15) is 17.1 Å². The van der Waals surface area contributed by atoms with Gasteiger partial charge >= 0.3 is 12.0 Å². The predicted molar refractivity (Wildman–Crippen MR) is 129 cm³/mol. The van der Waals surface area contributed by atoms with Gasteiger partial charge in [-0.3, -0.25) is 19.1 Å². The number of nitrogens with zero attached hydrogens (tertiary/aromatic N) is 6.